The molecule has 1 aromatic heterocycles. The second-order valence-electron chi connectivity index (χ2n) is 9.42. The smallest absolute Gasteiger partial charge is 0.246 e. The number of likely N-dealkylation sites (tertiary alicyclic amines) is 1. The highest BCUT2D eigenvalue weighted by molar-refractivity contribution is 7.10. The minimum absolute atomic E-state index is 0.0505. The van der Waals surface area contributed by atoms with Crippen LogP contribution in [0, 0.1) is 11.7 Å². The molecule has 4 rings (SSSR count). The molecule has 2 N–H and O–H groups in total. The summed E-state index contributed by atoms with van der Waals surface area (Å²) >= 11 is 1.37. The van der Waals surface area contributed by atoms with Crippen LogP contribution in [0.2, 0.25) is 0 Å². The molecular weight excluding hydrogens is 467 g/mol. The molecule has 35 heavy (non-hydrogen) atoms. The van der Waals surface area contributed by atoms with Gasteiger partial charge in [-0.15, -0.1) is 11.3 Å². The normalized spacial score (nSPS) is 19.8. The minimum atomic E-state index is -0.546. The molecule has 1 saturated carbocycles. The quantitative estimate of drug-likeness (QED) is 0.424. The Balaban J connectivity index is 1.53. The van der Waals surface area contributed by atoms with E-state index in [2.05, 4.69) is 15.6 Å². The van der Waals surface area contributed by atoms with Crippen LogP contribution in [0.4, 0.5) is 4.39 Å². The molecule has 2 heterocycles. The molecule has 2 aromatic rings. The molecule has 2 fully saturated rings. The summed E-state index contributed by atoms with van der Waals surface area (Å²) in [5.41, 5.74) is 0.682. The Bertz CT molecular complexity index is 1030. The first-order valence-electron chi connectivity index (χ1n) is 12.5. The van der Waals surface area contributed by atoms with Crippen molar-refractivity contribution in [2.75, 3.05) is 20.1 Å². The number of amides is 2. The Labute approximate surface area is 209 Å². The zero-order valence-corrected chi connectivity index (χ0v) is 20.9. The Morgan fingerprint density at radius 1 is 1.09 bits per heavy atom. The zero-order chi connectivity index (χ0) is 24.8. The molecular formula is C26H33FN4O3S. The molecule has 0 bridgehead atoms. The van der Waals surface area contributed by atoms with Gasteiger partial charge >= 0.3 is 0 Å². The number of carbonyl (C=O) groups excluding carboxylic acids is 3. The van der Waals surface area contributed by atoms with Gasteiger partial charge in [-0.05, 0) is 62.9 Å². The van der Waals surface area contributed by atoms with Gasteiger partial charge in [0.25, 0.3) is 0 Å². The highest BCUT2D eigenvalue weighted by atomic mass is 32.1. The van der Waals surface area contributed by atoms with Crippen molar-refractivity contribution in [3.63, 3.8) is 0 Å². The summed E-state index contributed by atoms with van der Waals surface area (Å²) in [6.45, 7) is 0.775. The lowest BCUT2D eigenvalue weighted by Crippen LogP contribution is -2.53. The third kappa shape index (κ3) is 6.13. The second-order valence-corrected chi connectivity index (χ2v) is 10.3. The maximum atomic E-state index is 13.8. The maximum absolute atomic E-state index is 13.8. The number of rotatable bonds is 8. The van der Waals surface area contributed by atoms with Gasteiger partial charge in [-0.3, -0.25) is 14.4 Å². The van der Waals surface area contributed by atoms with Crippen molar-refractivity contribution >= 4 is 28.9 Å². The molecule has 1 aliphatic carbocycles. The maximum Gasteiger partial charge on any atom is 0.246 e. The van der Waals surface area contributed by atoms with Crippen LogP contribution in [0.1, 0.15) is 78.5 Å². The molecule has 188 valence electrons. The number of hydrogen-bond acceptors (Lipinski definition) is 6. The number of likely N-dealkylation sites (N-methyl/N-ethyl adjacent to an activating group) is 1. The van der Waals surface area contributed by atoms with Crippen molar-refractivity contribution in [1.82, 2.24) is 20.5 Å². The lowest BCUT2D eigenvalue weighted by molar-refractivity contribution is -0.139. The van der Waals surface area contributed by atoms with Crippen LogP contribution in [0.25, 0.3) is 0 Å². The average Bonchev–Trinajstić information content (AvgIpc) is 3.46. The fourth-order valence-corrected chi connectivity index (χ4v) is 6.12. The van der Waals surface area contributed by atoms with Gasteiger partial charge in [-0.1, -0.05) is 25.7 Å². The predicted octanol–water partition coefficient (Wildman–Crippen LogP) is 3.85. The van der Waals surface area contributed by atoms with Gasteiger partial charge < -0.3 is 15.5 Å². The standard InChI is InChI=1S/C26H33FN4O3S/c1-28-15-22(32)30-23(17-7-4-2-3-5-8-17)26(34)31-14-6-9-21(31)25-29-20(16-35-25)24(33)18-10-12-19(27)13-11-18/h10-13,16-17,21,23,28H,2-9,14-15H2,1H3,(H,30,32)/t21-,23-/m0/s1. The lowest BCUT2D eigenvalue weighted by atomic mass is 9.90. The van der Waals surface area contributed by atoms with Gasteiger partial charge in [0.05, 0.1) is 12.6 Å². The zero-order valence-electron chi connectivity index (χ0n) is 20.1. The number of ketones is 1. The number of nitrogens with zero attached hydrogens (tertiary/aromatic N) is 2. The van der Waals surface area contributed by atoms with Gasteiger partial charge in [0.15, 0.2) is 0 Å². The molecule has 0 spiro atoms. The van der Waals surface area contributed by atoms with Gasteiger partial charge in [0, 0.05) is 17.5 Å². The SMILES string of the molecule is CNCC(=O)N[C@H](C(=O)N1CCC[C@H]1c1nc(C(=O)c2ccc(F)cc2)cs1)C1CCCCCC1. The Morgan fingerprint density at radius 2 is 1.80 bits per heavy atom. The third-order valence-corrected chi connectivity index (χ3v) is 7.92. The first kappa shape index (κ1) is 25.4. The van der Waals surface area contributed by atoms with Crippen LogP contribution < -0.4 is 10.6 Å². The molecule has 2 atom stereocenters. The van der Waals surface area contributed by atoms with Crippen LogP contribution in [0.5, 0.6) is 0 Å². The number of halogens is 1. The van der Waals surface area contributed by atoms with Crippen molar-refractivity contribution in [2.24, 2.45) is 5.92 Å². The fourth-order valence-electron chi connectivity index (χ4n) is 5.17. The fraction of sp³-hybridized carbons (Fsp3) is 0.538. The Morgan fingerprint density at radius 3 is 2.49 bits per heavy atom. The van der Waals surface area contributed by atoms with Crippen LogP contribution >= 0.6 is 11.3 Å². The van der Waals surface area contributed by atoms with E-state index in [9.17, 15) is 18.8 Å². The summed E-state index contributed by atoms with van der Waals surface area (Å²) < 4.78 is 13.2. The highest BCUT2D eigenvalue weighted by Gasteiger charge is 2.39. The summed E-state index contributed by atoms with van der Waals surface area (Å²) in [5, 5.41) is 8.31. The van der Waals surface area contributed by atoms with Gasteiger partial charge in [0.1, 0.15) is 22.6 Å². The number of thiazole rings is 1. The van der Waals surface area contributed by atoms with Crippen LogP contribution in [0.3, 0.4) is 0 Å². The van der Waals surface area contributed by atoms with Crippen molar-refractivity contribution in [3.8, 4) is 0 Å². The summed E-state index contributed by atoms with van der Waals surface area (Å²) in [7, 11) is 1.71. The largest absolute Gasteiger partial charge is 0.343 e. The van der Waals surface area contributed by atoms with Gasteiger partial charge in [0.2, 0.25) is 17.6 Å². The highest BCUT2D eigenvalue weighted by Crippen LogP contribution is 2.36. The van der Waals surface area contributed by atoms with Crippen molar-refractivity contribution in [3.05, 3.63) is 51.7 Å². The molecule has 2 aliphatic rings. The Hall–Kier alpha value is -2.65. The molecule has 1 aromatic carbocycles. The van der Waals surface area contributed by atoms with E-state index in [4.69, 9.17) is 0 Å². The third-order valence-electron chi connectivity index (χ3n) is 6.97. The van der Waals surface area contributed by atoms with E-state index < -0.39 is 11.9 Å². The van der Waals surface area contributed by atoms with Crippen LogP contribution in [0.15, 0.2) is 29.6 Å². The number of nitrogens with one attached hydrogen (secondary N) is 2. The van der Waals surface area contributed by atoms with Crippen LogP contribution in [-0.4, -0.2) is 53.7 Å². The molecule has 0 unspecified atom stereocenters. The molecule has 9 heteroatoms. The molecule has 0 radical (unpaired) electrons. The molecule has 2 amide bonds. The summed E-state index contributed by atoms with van der Waals surface area (Å²) in [4.78, 5) is 45.6. The minimum Gasteiger partial charge on any atom is -0.343 e. The van der Waals surface area contributed by atoms with Crippen LogP contribution in [-0.2, 0) is 9.59 Å². The lowest BCUT2D eigenvalue weighted by Gasteiger charge is -2.32. The van der Waals surface area contributed by atoms with Gasteiger partial charge in [-0.25, -0.2) is 9.37 Å². The van der Waals surface area contributed by atoms with Crippen molar-refractivity contribution < 1.29 is 18.8 Å². The predicted molar refractivity (Wildman–Crippen MR) is 133 cm³/mol. The first-order chi connectivity index (χ1) is 17.0. The van der Waals surface area contributed by atoms with E-state index in [0.29, 0.717) is 17.8 Å². The van der Waals surface area contributed by atoms with E-state index in [0.717, 1.165) is 56.4 Å². The monoisotopic (exact) mass is 500 g/mol. The van der Waals surface area contributed by atoms with Crippen molar-refractivity contribution in [1.29, 1.82) is 0 Å². The summed E-state index contributed by atoms with van der Waals surface area (Å²) in [6, 6.07) is 4.66. The average molecular weight is 501 g/mol. The summed E-state index contributed by atoms with van der Waals surface area (Å²) in [6.07, 6.45) is 7.95. The van der Waals surface area contributed by atoms with E-state index in [1.165, 1.54) is 35.6 Å². The number of aromatic nitrogens is 1. The van der Waals surface area contributed by atoms with E-state index >= 15 is 0 Å². The molecule has 1 saturated heterocycles. The Kier molecular flexibility index (Phi) is 8.62. The second kappa shape index (κ2) is 11.9. The van der Waals surface area contributed by atoms with Gasteiger partial charge in [-0.2, -0.15) is 0 Å². The number of benzene rings is 1. The van der Waals surface area contributed by atoms with Crippen molar-refractivity contribution in [2.45, 2.75) is 63.5 Å². The first-order valence-corrected chi connectivity index (χ1v) is 13.4. The summed E-state index contributed by atoms with van der Waals surface area (Å²) in [5.74, 6) is -0.763. The molecule has 7 nitrogen and oxygen atoms in total. The number of carbonyl (C=O) groups is 3. The number of hydrogen-bond donors (Lipinski definition) is 2. The van der Waals surface area contributed by atoms with E-state index in [1.54, 1.807) is 12.4 Å². The van der Waals surface area contributed by atoms with E-state index in [1.807, 2.05) is 4.90 Å². The topological polar surface area (TPSA) is 91.4 Å². The molecule has 1 aliphatic heterocycles. The van der Waals surface area contributed by atoms with E-state index in [-0.39, 0.29) is 36.1 Å².